The van der Waals surface area contributed by atoms with Gasteiger partial charge in [0.25, 0.3) is 0 Å². The Kier molecular flexibility index (Phi) is 4.11. The van der Waals surface area contributed by atoms with Crippen LogP contribution in [0.15, 0.2) is 18.2 Å². The Labute approximate surface area is 110 Å². The zero-order chi connectivity index (χ0) is 13.0. The molecular formula is C11H14ClN5O. The van der Waals surface area contributed by atoms with E-state index in [0.717, 1.165) is 11.3 Å². The Morgan fingerprint density at radius 3 is 3.00 bits per heavy atom. The molecule has 0 amide bonds. The van der Waals surface area contributed by atoms with Crippen LogP contribution < -0.4 is 10.1 Å². The molecule has 6 nitrogen and oxygen atoms in total. The van der Waals surface area contributed by atoms with Crippen molar-refractivity contribution in [3.05, 3.63) is 34.6 Å². The fourth-order valence-corrected chi connectivity index (χ4v) is 1.83. The maximum atomic E-state index is 6.15. The van der Waals surface area contributed by atoms with Crippen LogP contribution in [0.25, 0.3) is 0 Å². The fraction of sp³-hybridized carbons (Fsp3) is 0.364. The summed E-state index contributed by atoms with van der Waals surface area (Å²) in [5.41, 5.74) is 0.914. The van der Waals surface area contributed by atoms with Gasteiger partial charge in [0.2, 0.25) is 0 Å². The second kappa shape index (κ2) is 5.79. The first-order valence-electron chi connectivity index (χ1n) is 5.50. The van der Waals surface area contributed by atoms with Gasteiger partial charge in [-0.3, -0.25) is 0 Å². The fourth-order valence-electron chi connectivity index (χ4n) is 1.60. The van der Waals surface area contributed by atoms with E-state index < -0.39 is 0 Å². The minimum Gasteiger partial charge on any atom is -0.496 e. The number of benzene rings is 1. The Balaban J connectivity index is 2.06. The molecule has 1 atom stereocenters. The first-order valence-corrected chi connectivity index (χ1v) is 5.88. The Morgan fingerprint density at radius 2 is 2.33 bits per heavy atom. The third kappa shape index (κ3) is 2.77. The van der Waals surface area contributed by atoms with Crippen molar-refractivity contribution in [3.8, 4) is 5.75 Å². The van der Waals surface area contributed by atoms with Crippen molar-refractivity contribution in [3.63, 3.8) is 0 Å². The number of aromatic nitrogens is 4. The highest BCUT2D eigenvalue weighted by molar-refractivity contribution is 6.31. The van der Waals surface area contributed by atoms with Crippen LogP contribution in [0.2, 0.25) is 5.02 Å². The lowest BCUT2D eigenvalue weighted by Gasteiger charge is -2.13. The first kappa shape index (κ1) is 12.8. The number of tetrazole rings is 1. The Hall–Kier alpha value is -1.66. The van der Waals surface area contributed by atoms with E-state index in [9.17, 15) is 0 Å². The van der Waals surface area contributed by atoms with Crippen LogP contribution in [0, 0.1) is 0 Å². The highest BCUT2D eigenvalue weighted by atomic mass is 35.5. The normalized spacial score (nSPS) is 12.4. The molecule has 0 bridgehead atoms. The molecule has 0 aliphatic carbocycles. The number of aromatic amines is 1. The van der Waals surface area contributed by atoms with Crippen LogP contribution in [0.5, 0.6) is 5.75 Å². The minimum absolute atomic E-state index is 0.0234. The molecule has 1 unspecified atom stereocenters. The van der Waals surface area contributed by atoms with Gasteiger partial charge in [0, 0.05) is 17.1 Å². The van der Waals surface area contributed by atoms with Crippen molar-refractivity contribution >= 4 is 11.6 Å². The summed E-state index contributed by atoms with van der Waals surface area (Å²) in [5, 5.41) is 17.7. The quantitative estimate of drug-likeness (QED) is 0.863. The monoisotopic (exact) mass is 267 g/mol. The van der Waals surface area contributed by atoms with Gasteiger partial charge in [-0.2, -0.15) is 5.21 Å². The van der Waals surface area contributed by atoms with Gasteiger partial charge in [0.05, 0.1) is 13.2 Å². The number of rotatable bonds is 5. The van der Waals surface area contributed by atoms with Crippen molar-refractivity contribution in [2.24, 2.45) is 0 Å². The molecule has 0 saturated heterocycles. The van der Waals surface area contributed by atoms with E-state index >= 15 is 0 Å². The number of hydrogen-bond donors (Lipinski definition) is 2. The van der Waals surface area contributed by atoms with Crippen LogP contribution in [0.4, 0.5) is 0 Å². The van der Waals surface area contributed by atoms with Gasteiger partial charge in [0.15, 0.2) is 5.82 Å². The average molecular weight is 268 g/mol. The minimum atomic E-state index is -0.0234. The summed E-state index contributed by atoms with van der Waals surface area (Å²) in [7, 11) is 1.62. The third-order valence-corrected chi connectivity index (χ3v) is 2.98. The summed E-state index contributed by atoms with van der Waals surface area (Å²) in [6.45, 7) is 2.52. The SMILES string of the molecule is COc1cccc(Cl)c1CNC(C)c1nn[nH]n1. The Morgan fingerprint density at radius 1 is 1.50 bits per heavy atom. The molecule has 2 N–H and O–H groups in total. The Bertz CT molecular complexity index is 502. The van der Waals surface area contributed by atoms with Crippen LogP contribution >= 0.6 is 11.6 Å². The van der Waals surface area contributed by atoms with Crippen molar-refractivity contribution in [1.82, 2.24) is 25.9 Å². The van der Waals surface area contributed by atoms with Crippen LogP contribution in [-0.4, -0.2) is 27.7 Å². The van der Waals surface area contributed by atoms with Crippen LogP contribution in [0.3, 0.4) is 0 Å². The molecule has 18 heavy (non-hydrogen) atoms. The zero-order valence-corrected chi connectivity index (χ0v) is 10.9. The lowest BCUT2D eigenvalue weighted by molar-refractivity contribution is 0.405. The largest absolute Gasteiger partial charge is 0.496 e. The molecule has 0 radical (unpaired) electrons. The van der Waals surface area contributed by atoms with Gasteiger partial charge >= 0.3 is 0 Å². The molecule has 7 heteroatoms. The number of nitrogens with one attached hydrogen (secondary N) is 2. The number of H-pyrrole nitrogens is 1. The maximum absolute atomic E-state index is 6.15. The second-order valence-corrected chi connectivity index (χ2v) is 4.20. The van der Waals surface area contributed by atoms with Crippen LogP contribution in [-0.2, 0) is 6.54 Å². The molecule has 1 aromatic carbocycles. The van der Waals surface area contributed by atoms with E-state index in [2.05, 4.69) is 25.9 Å². The van der Waals surface area contributed by atoms with E-state index in [4.69, 9.17) is 16.3 Å². The number of nitrogens with zero attached hydrogens (tertiary/aromatic N) is 3. The molecular weight excluding hydrogens is 254 g/mol. The van der Waals surface area contributed by atoms with E-state index in [-0.39, 0.29) is 6.04 Å². The molecule has 1 heterocycles. The summed E-state index contributed by atoms with van der Waals surface area (Å²) in [4.78, 5) is 0. The van der Waals surface area contributed by atoms with Gasteiger partial charge in [-0.1, -0.05) is 22.9 Å². The van der Waals surface area contributed by atoms with Crippen LogP contribution in [0.1, 0.15) is 24.4 Å². The molecule has 2 rings (SSSR count). The number of ether oxygens (including phenoxy) is 1. The maximum Gasteiger partial charge on any atom is 0.191 e. The molecule has 1 aromatic heterocycles. The topological polar surface area (TPSA) is 75.7 Å². The van der Waals surface area contributed by atoms with Gasteiger partial charge in [-0.15, -0.1) is 10.2 Å². The first-order chi connectivity index (χ1) is 8.72. The average Bonchev–Trinajstić information content (AvgIpc) is 2.90. The third-order valence-electron chi connectivity index (χ3n) is 2.63. The van der Waals surface area contributed by atoms with E-state index in [1.165, 1.54) is 0 Å². The second-order valence-electron chi connectivity index (χ2n) is 3.79. The number of halogens is 1. The highest BCUT2D eigenvalue weighted by Crippen LogP contribution is 2.26. The van der Waals surface area contributed by atoms with Gasteiger partial charge < -0.3 is 10.1 Å². The number of hydrogen-bond acceptors (Lipinski definition) is 5. The van der Waals surface area contributed by atoms with Gasteiger partial charge in [-0.05, 0) is 19.1 Å². The van der Waals surface area contributed by atoms with Crippen molar-refractivity contribution in [2.45, 2.75) is 19.5 Å². The summed E-state index contributed by atoms with van der Waals surface area (Å²) < 4.78 is 5.27. The molecule has 0 aliphatic rings. The van der Waals surface area contributed by atoms with E-state index in [1.54, 1.807) is 7.11 Å². The molecule has 0 fully saturated rings. The summed E-state index contributed by atoms with van der Waals surface area (Å²) in [6, 6.07) is 5.54. The standard InChI is InChI=1S/C11H14ClN5O/c1-7(11-14-16-17-15-11)13-6-8-9(12)4-3-5-10(8)18-2/h3-5,7,13H,6H2,1-2H3,(H,14,15,16,17). The predicted octanol–water partition coefficient (Wildman–Crippen LogP) is 1.71. The zero-order valence-electron chi connectivity index (χ0n) is 10.1. The lowest BCUT2D eigenvalue weighted by Crippen LogP contribution is -2.20. The van der Waals surface area contributed by atoms with E-state index in [1.807, 2.05) is 25.1 Å². The predicted molar refractivity (Wildman–Crippen MR) is 67.4 cm³/mol. The summed E-state index contributed by atoms with van der Waals surface area (Å²) in [5.74, 6) is 1.37. The summed E-state index contributed by atoms with van der Waals surface area (Å²) in [6.07, 6.45) is 0. The van der Waals surface area contributed by atoms with Gasteiger partial charge in [0.1, 0.15) is 5.75 Å². The summed E-state index contributed by atoms with van der Waals surface area (Å²) >= 11 is 6.15. The van der Waals surface area contributed by atoms with Crippen molar-refractivity contribution in [2.75, 3.05) is 7.11 Å². The molecule has 0 spiro atoms. The number of methoxy groups -OCH3 is 1. The van der Waals surface area contributed by atoms with Crippen molar-refractivity contribution < 1.29 is 4.74 Å². The van der Waals surface area contributed by atoms with Crippen molar-refractivity contribution in [1.29, 1.82) is 0 Å². The molecule has 2 aromatic rings. The molecule has 0 aliphatic heterocycles. The molecule has 0 saturated carbocycles. The molecule has 96 valence electrons. The highest BCUT2D eigenvalue weighted by Gasteiger charge is 2.12. The smallest absolute Gasteiger partial charge is 0.191 e. The lowest BCUT2D eigenvalue weighted by atomic mass is 10.2. The van der Waals surface area contributed by atoms with E-state index in [0.29, 0.717) is 17.4 Å². The van der Waals surface area contributed by atoms with Gasteiger partial charge in [-0.25, -0.2) is 0 Å².